The van der Waals surface area contributed by atoms with Crippen LogP contribution in [0.2, 0.25) is 0 Å². The molecule has 104 valence electrons. The third-order valence-corrected chi connectivity index (χ3v) is 4.99. The van der Waals surface area contributed by atoms with Gasteiger partial charge in [0.2, 0.25) is 0 Å². The average Bonchev–Trinajstić information content (AvgIpc) is 3.01. The molecule has 19 heavy (non-hydrogen) atoms. The van der Waals surface area contributed by atoms with Gasteiger partial charge in [0, 0.05) is 6.20 Å². The predicted molar refractivity (Wildman–Crippen MR) is 76.2 cm³/mol. The molecule has 0 amide bonds. The smallest absolute Gasteiger partial charge is 0.267 e. The van der Waals surface area contributed by atoms with Crippen LogP contribution in [0.15, 0.2) is 15.5 Å². The topological polar surface area (TPSA) is 44.1 Å². The fraction of sp³-hybridized carbons (Fsp3) is 0.714. The Morgan fingerprint density at radius 1 is 1.47 bits per heavy atom. The minimum atomic E-state index is -0.0107. The summed E-state index contributed by atoms with van der Waals surface area (Å²) in [5.74, 6) is 0.754. The molecule has 3 rings (SSSR count). The van der Waals surface area contributed by atoms with E-state index in [1.165, 1.54) is 25.7 Å². The van der Waals surface area contributed by atoms with Gasteiger partial charge in [0.1, 0.15) is 10.3 Å². The lowest BCUT2D eigenvalue weighted by Crippen LogP contribution is -2.32. The third kappa shape index (κ3) is 2.50. The SMILES string of the molecule is Cc1ncc(Br)c(=O)n1CC1CCC2(CCCC2)O1. The molecule has 2 aliphatic rings. The van der Waals surface area contributed by atoms with Gasteiger partial charge in [-0.3, -0.25) is 9.36 Å². The molecule has 1 aliphatic heterocycles. The van der Waals surface area contributed by atoms with Crippen LogP contribution in [0.4, 0.5) is 0 Å². The van der Waals surface area contributed by atoms with Gasteiger partial charge in [-0.2, -0.15) is 0 Å². The van der Waals surface area contributed by atoms with E-state index in [4.69, 9.17) is 4.74 Å². The van der Waals surface area contributed by atoms with Gasteiger partial charge in [-0.05, 0) is 48.5 Å². The molecular weight excluding hydrogens is 308 g/mol. The van der Waals surface area contributed by atoms with Crippen molar-refractivity contribution in [1.29, 1.82) is 0 Å². The molecular formula is C14H19BrN2O2. The van der Waals surface area contributed by atoms with Gasteiger partial charge in [-0.15, -0.1) is 0 Å². The second-order valence-corrected chi connectivity index (χ2v) is 6.59. The second kappa shape index (κ2) is 5.02. The Balaban J connectivity index is 1.76. The number of ether oxygens (including phenoxy) is 1. The number of hydrogen-bond acceptors (Lipinski definition) is 3. The highest BCUT2D eigenvalue weighted by molar-refractivity contribution is 9.10. The van der Waals surface area contributed by atoms with Crippen molar-refractivity contribution >= 4 is 15.9 Å². The van der Waals surface area contributed by atoms with Crippen LogP contribution in [0.1, 0.15) is 44.3 Å². The first kappa shape index (κ1) is 13.3. The summed E-state index contributed by atoms with van der Waals surface area (Å²) in [5, 5.41) is 0. The van der Waals surface area contributed by atoms with Gasteiger partial charge in [0.15, 0.2) is 0 Å². The van der Waals surface area contributed by atoms with Crippen LogP contribution in [0.25, 0.3) is 0 Å². The van der Waals surface area contributed by atoms with Crippen LogP contribution in [0.3, 0.4) is 0 Å². The van der Waals surface area contributed by atoms with E-state index >= 15 is 0 Å². The van der Waals surface area contributed by atoms with Gasteiger partial charge in [0.25, 0.3) is 5.56 Å². The minimum absolute atomic E-state index is 0.0107. The standard InChI is InChI=1S/C14H19BrN2O2/c1-10-16-8-12(15)13(18)17(10)9-11-4-7-14(19-11)5-2-3-6-14/h8,11H,2-7,9H2,1H3. The van der Waals surface area contributed by atoms with Crippen molar-refractivity contribution < 1.29 is 4.74 Å². The molecule has 1 atom stereocenters. The molecule has 1 aromatic heterocycles. The van der Waals surface area contributed by atoms with Crippen molar-refractivity contribution in [2.75, 3.05) is 0 Å². The fourth-order valence-electron chi connectivity index (χ4n) is 3.38. The van der Waals surface area contributed by atoms with Gasteiger partial charge in [-0.1, -0.05) is 12.8 Å². The molecule has 2 fully saturated rings. The molecule has 0 radical (unpaired) electrons. The number of rotatable bonds is 2. The molecule has 1 unspecified atom stereocenters. The normalized spacial score (nSPS) is 25.3. The van der Waals surface area contributed by atoms with Crippen molar-refractivity contribution in [2.45, 2.75) is 63.7 Å². The monoisotopic (exact) mass is 326 g/mol. The summed E-state index contributed by atoms with van der Waals surface area (Å²) >= 11 is 3.25. The second-order valence-electron chi connectivity index (χ2n) is 5.74. The summed E-state index contributed by atoms with van der Waals surface area (Å²) in [4.78, 5) is 16.3. The predicted octanol–water partition coefficient (Wildman–Crippen LogP) is 2.81. The molecule has 1 saturated heterocycles. The Labute approximate surface area is 121 Å². The van der Waals surface area contributed by atoms with Gasteiger partial charge in [-0.25, -0.2) is 4.98 Å². The van der Waals surface area contributed by atoms with Crippen LogP contribution >= 0.6 is 15.9 Å². The highest BCUT2D eigenvalue weighted by Gasteiger charge is 2.42. The molecule has 4 nitrogen and oxygen atoms in total. The van der Waals surface area contributed by atoms with E-state index in [-0.39, 0.29) is 17.3 Å². The quantitative estimate of drug-likeness (QED) is 0.839. The Kier molecular flexibility index (Phi) is 3.52. The Morgan fingerprint density at radius 2 is 2.21 bits per heavy atom. The van der Waals surface area contributed by atoms with E-state index in [0.29, 0.717) is 11.0 Å². The molecule has 0 aromatic carbocycles. The van der Waals surface area contributed by atoms with Crippen LogP contribution in [-0.2, 0) is 11.3 Å². The molecule has 2 heterocycles. The lowest BCUT2D eigenvalue weighted by molar-refractivity contribution is -0.0424. The fourth-order valence-corrected chi connectivity index (χ4v) is 3.70. The van der Waals surface area contributed by atoms with Crippen molar-refractivity contribution in [3.05, 3.63) is 26.8 Å². The zero-order valence-corrected chi connectivity index (χ0v) is 12.8. The van der Waals surface area contributed by atoms with Crippen molar-refractivity contribution in [3.8, 4) is 0 Å². The van der Waals surface area contributed by atoms with Crippen molar-refractivity contribution in [3.63, 3.8) is 0 Å². The van der Waals surface area contributed by atoms with Crippen LogP contribution < -0.4 is 5.56 Å². The number of nitrogens with zero attached hydrogens (tertiary/aromatic N) is 2. The zero-order chi connectivity index (χ0) is 13.5. The van der Waals surface area contributed by atoms with Crippen LogP contribution in [-0.4, -0.2) is 21.3 Å². The first-order valence-corrected chi connectivity index (χ1v) is 7.79. The van der Waals surface area contributed by atoms with E-state index in [2.05, 4.69) is 20.9 Å². The first-order chi connectivity index (χ1) is 9.10. The summed E-state index contributed by atoms with van der Waals surface area (Å²) in [7, 11) is 0. The lowest BCUT2D eigenvalue weighted by atomic mass is 9.98. The summed E-state index contributed by atoms with van der Waals surface area (Å²) in [6.07, 6.45) is 8.87. The molecule has 1 spiro atoms. The number of halogens is 1. The zero-order valence-electron chi connectivity index (χ0n) is 11.2. The third-order valence-electron chi connectivity index (χ3n) is 4.44. The summed E-state index contributed by atoms with van der Waals surface area (Å²) in [5.41, 5.74) is 0.116. The molecule has 0 N–H and O–H groups in total. The Morgan fingerprint density at radius 3 is 2.95 bits per heavy atom. The van der Waals surface area contributed by atoms with Gasteiger partial charge < -0.3 is 4.74 Å². The maximum atomic E-state index is 12.1. The summed E-state index contributed by atoms with van der Waals surface area (Å²) in [6, 6.07) is 0. The first-order valence-electron chi connectivity index (χ1n) is 6.99. The highest BCUT2D eigenvalue weighted by atomic mass is 79.9. The van der Waals surface area contributed by atoms with E-state index in [1.54, 1.807) is 10.8 Å². The molecule has 5 heteroatoms. The van der Waals surface area contributed by atoms with Gasteiger partial charge in [0.05, 0.1) is 18.2 Å². The maximum Gasteiger partial charge on any atom is 0.267 e. The molecule has 0 bridgehead atoms. The van der Waals surface area contributed by atoms with Gasteiger partial charge >= 0.3 is 0 Å². The average molecular weight is 327 g/mol. The van der Waals surface area contributed by atoms with Crippen LogP contribution in [0, 0.1) is 6.92 Å². The summed E-state index contributed by atoms with van der Waals surface area (Å²) < 4.78 is 8.51. The summed E-state index contributed by atoms with van der Waals surface area (Å²) in [6.45, 7) is 2.49. The largest absolute Gasteiger partial charge is 0.370 e. The van der Waals surface area contributed by atoms with E-state index in [9.17, 15) is 4.79 Å². The van der Waals surface area contributed by atoms with E-state index in [0.717, 1.165) is 18.7 Å². The Hall–Kier alpha value is -0.680. The van der Waals surface area contributed by atoms with Crippen molar-refractivity contribution in [2.24, 2.45) is 0 Å². The van der Waals surface area contributed by atoms with Crippen LogP contribution in [0.5, 0.6) is 0 Å². The lowest BCUT2D eigenvalue weighted by Gasteiger charge is -2.24. The van der Waals surface area contributed by atoms with E-state index in [1.807, 2.05) is 6.92 Å². The molecule has 1 aliphatic carbocycles. The number of hydrogen-bond donors (Lipinski definition) is 0. The Bertz CT molecular complexity index is 535. The van der Waals surface area contributed by atoms with Crippen molar-refractivity contribution in [1.82, 2.24) is 9.55 Å². The molecule has 1 aromatic rings. The minimum Gasteiger partial charge on any atom is -0.370 e. The maximum absolute atomic E-state index is 12.1. The van der Waals surface area contributed by atoms with E-state index < -0.39 is 0 Å². The number of aryl methyl sites for hydroxylation is 1. The number of aromatic nitrogens is 2. The molecule has 1 saturated carbocycles. The highest BCUT2D eigenvalue weighted by Crippen LogP contribution is 2.43.